The van der Waals surface area contributed by atoms with Gasteiger partial charge in [0.05, 0.1) is 6.54 Å². The van der Waals surface area contributed by atoms with Crippen molar-refractivity contribution >= 4 is 11.8 Å². The van der Waals surface area contributed by atoms with Crippen LogP contribution in [0.2, 0.25) is 0 Å². The molecule has 1 aliphatic heterocycles. The van der Waals surface area contributed by atoms with Gasteiger partial charge in [0.2, 0.25) is 5.91 Å². The summed E-state index contributed by atoms with van der Waals surface area (Å²) in [4.78, 5) is 29.2. The number of carbonyl (C=O) groups is 2. The quantitative estimate of drug-likeness (QED) is 0.851. The molecule has 4 rings (SSSR count). The van der Waals surface area contributed by atoms with Gasteiger partial charge in [0.25, 0.3) is 5.91 Å². The normalized spacial score (nSPS) is 21.5. The zero-order valence-electron chi connectivity index (χ0n) is 15.4. The van der Waals surface area contributed by atoms with Crippen LogP contribution >= 0.6 is 0 Å². The molecule has 1 aromatic rings. The van der Waals surface area contributed by atoms with Crippen LogP contribution in [0.1, 0.15) is 42.5 Å². The number of rotatable bonds is 6. The second-order valence-electron chi connectivity index (χ2n) is 8.06. The highest BCUT2D eigenvalue weighted by atomic mass is 16.2. The second-order valence-corrected chi connectivity index (χ2v) is 8.06. The number of benzene rings is 1. The average Bonchev–Trinajstić information content (AvgIpc) is 3.53. The minimum atomic E-state index is 0.0967. The van der Waals surface area contributed by atoms with Crippen molar-refractivity contribution in [3.05, 3.63) is 35.9 Å². The van der Waals surface area contributed by atoms with Gasteiger partial charge in [0.15, 0.2) is 0 Å². The molecular weight excluding hydrogens is 326 g/mol. The maximum atomic E-state index is 12.6. The molecule has 1 saturated heterocycles. The van der Waals surface area contributed by atoms with Gasteiger partial charge in [-0.25, -0.2) is 0 Å². The Morgan fingerprint density at radius 2 is 1.65 bits per heavy atom. The van der Waals surface area contributed by atoms with Crippen LogP contribution in [-0.2, 0) is 4.79 Å². The Morgan fingerprint density at radius 1 is 0.962 bits per heavy atom. The summed E-state index contributed by atoms with van der Waals surface area (Å²) in [7, 11) is 0. The summed E-state index contributed by atoms with van der Waals surface area (Å²) >= 11 is 0. The fourth-order valence-corrected chi connectivity index (χ4v) is 4.06. The average molecular weight is 355 g/mol. The highest BCUT2D eigenvalue weighted by molar-refractivity contribution is 5.94. The van der Waals surface area contributed by atoms with Crippen molar-refractivity contribution in [2.24, 2.45) is 11.8 Å². The Kier molecular flexibility index (Phi) is 5.25. The lowest BCUT2D eigenvalue weighted by Gasteiger charge is -2.23. The zero-order chi connectivity index (χ0) is 17.9. The summed E-state index contributed by atoms with van der Waals surface area (Å²) in [5.41, 5.74) is 0.746. The largest absolute Gasteiger partial charge is 0.352 e. The van der Waals surface area contributed by atoms with Crippen molar-refractivity contribution in [1.29, 1.82) is 0 Å². The molecule has 0 radical (unpaired) electrons. The number of carbonyl (C=O) groups excluding carboxylic acids is 2. The molecule has 5 nitrogen and oxygen atoms in total. The first-order valence-corrected chi connectivity index (χ1v) is 10.1. The molecule has 5 heteroatoms. The highest BCUT2D eigenvalue weighted by Crippen LogP contribution is 2.44. The summed E-state index contributed by atoms with van der Waals surface area (Å²) in [5, 5.41) is 3.31. The minimum Gasteiger partial charge on any atom is -0.352 e. The second kappa shape index (κ2) is 7.78. The van der Waals surface area contributed by atoms with E-state index < -0.39 is 0 Å². The summed E-state index contributed by atoms with van der Waals surface area (Å²) in [6.07, 6.45) is 6.04. The van der Waals surface area contributed by atoms with Crippen LogP contribution in [0.15, 0.2) is 30.3 Å². The number of amides is 2. The molecule has 1 heterocycles. The first-order valence-electron chi connectivity index (χ1n) is 10.1. The van der Waals surface area contributed by atoms with Crippen molar-refractivity contribution < 1.29 is 9.59 Å². The van der Waals surface area contributed by atoms with Gasteiger partial charge in [-0.2, -0.15) is 0 Å². The molecular formula is C21H29N3O2. The molecule has 0 bridgehead atoms. The fraction of sp³-hybridized carbons (Fsp3) is 0.619. The molecule has 2 aliphatic carbocycles. The van der Waals surface area contributed by atoms with Gasteiger partial charge in [0, 0.05) is 37.8 Å². The number of nitrogens with one attached hydrogen (secondary N) is 1. The lowest BCUT2D eigenvalue weighted by Crippen LogP contribution is -2.45. The third kappa shape index (κ3) is 4.44. The third-order valence-corrected chi connectivity index (χ3v) is 5.85. The van der Waals surface area contributed by atoms with E-state index in [0.717, 1.165) is 43.5 Å². The Labute approximate surface area is 155 Å². The molecule has 0 spiro atoms. The molecule has 2 amide bonds. The standard InChI is InChI=1S/C21H29N3O2/c25-19(22-20(16-7-8-16)17-9-10-17)15-23-11-4-12-24(14-13-23)21(26)18-5-2-1-3-6-18/h1-3,5-6,16-17,20H,4,7-15H2,(H,22,25). The zero-order valence-corrected chi connectivity index (χ0v) is 15.4. The van der Waals surface area contributed by atoms with Crippen LogP contribution in [-0.4, -0.2) is 60.4 Å². The van der Waals surface area contributed by atoms with Crippen molar-refractivity contribution in [2.75, 3.05) is 32.7 Å². The van der Waals surface area contributed by atoms with Gasteiger partial charge in [-0.15, -0.1) is 0 Å². The Balaban J connectivity index is 1.27. The van der Waals surface area contributed by atoms with E-state index in [9.17, 15) is 9.59 Å². The molecule has 3 fully saturated rings. The van der Waals surface area contributed by atoms with Gasteiger partial charge < -0.3 is 10.2 Å². The highest BCUT2D eigenvalue weighted by Gasteiger charge is 2.42. The summed E-state index contributed by atoms with van der Waals surface area (Å²) < 4.78 is 0. The molecule has 0 unspecified atom stereocenters. The lowest BCUT2D eigenvalue weighted by atomic mass is 10.1. The van der Waals surface area contributed by atoms with E-state index in [2.05, 4.69) is 10.2 Å². The van der Waals surface area contributed by atoms with Crippen LogP contribution in [0, 0.1) is 11.8 Å². The van der Waals surface area contributed by atoms with Crippen molar-refractivity contribution in [3.63, 3.8) is 0 Å². The van der Waals surface area contributed by atoms with Crippen LogP contribution in [0.4, 0.5) is 0 Å². The number of hydrogen-bond acceptors (Lipinski definition) is 3. The summed E-state index contributed by atoms with van der Waals surface area (Å²) in [6.45, 7) is 3.56. The van der Waals surface area contributed by atoms with Crippen molar-refractivity contribution in [2.45, 2.75) is 38.1 Å². The molecule has 0 aromatic heterocycles. The predicted molar refractivity (Wildman–Crippen MR) is 101 cm³/mol. The molecule has 140 valence electrons. The molecule has 3 aliphatic rings. The summed E-state index contributed by atoms with van der Waals surface area (Å²) in [5.74, 6) is 1.72. The van der Waals surface area contributed by atoms with Crippen LogP contribution in [0.25, 0.3) is 0 Å². The maximum absolute atomic E-state index is 12.6. The first-order chi connectivity index (χ1) is 12.7. The van der Waals surface area contributed by atoms with E-state index >= 15 is 0 Å². The van der Waals surface area contributed by atoms with E-state index in [0.29, 0.717) is 19.1 Å². The van der Waals surface area contributed by atoms with Gasteiger partial charge in [0.1, 0.15) is 0 Å². The molecule has 1 N–H and O–H groups in total. The summed E-state index contributed by atoms with van der Waals surface area (Å²) in [6, 6.07) is 9.89. The van der Waals surface area contributed by atoms with Gasteiger partial charge >= 0.3 is 0 Å². The smallest absolute Gasteiger partial charge is 0.253 e. The molecule has 0 atom stereocenters. The van der Waals surface area contributed by atoms with E-state index in [1.54, 1.807) is 0 Å². The number of hydrogen-bond donors (Lipinski definition) is 1. The van der Waals surface area contributed by atoms with Gasteiger partial charge in [-0.3, -0.25) is 14.5 Å². The molecule has 26 heavy (non-hydrogen) atoms. The predicted octanol–water partition coefficient (Wildman–Crippen LogP) is 2.14. The Hall–Kier alpha value is -1.88. The third-order valence-electron chi connectivity index (χ3n) is 5.85. The monoisotopic (exact) mass is 355 g/mol. The molecule has 2 saturated carbocycles. The van der Waals surface area contributed by atoms with Gasteiger partial charge in [-0.1, -0.05) is 18.2 Å². The maximum Gasteiger partial charge on any atom is 0.253 e. The molecule has 1 aromatic carbocycles. The van der Waals surface area contributed by atoms with Crippen LogP contribution in [0.3, 0.4) is 0 Å². The van der Waals surface area contributed by atoms with E-state index in [1.807, 2.05) is 35.2 Å². The lowest BCUT2D eigenvalue weighted by molar-refractivity contribution is -0.123. The Bertz CT molecular complexity index is 628. The van der Waals surface area contributed by atoms with Crippen molar-refractivity contribution in [1.82, 2.24) is 15.1 Å². The first kappa shape index (κ1) is 17.5. The SMILES string of the molecule is O=C(CN1CCCN(C(=O)c2ccccc2)CC1)NC(C1CC1)C1CC1. The van der Waals surface area contributed by atoms with E-state index in [-0.39, 0.29) is 11.8 Å². The fourth-order valence-electron chi connectivity index (χ4n) is 4.06. The van der Waals surface area contributed by atoms with Crippen molar-refractivity contribution in [3.8, 4) is 0 Å². The number of nitrogens with zero attached hydrogens (tertiary/aromatic N) is 2. The minimum absolute atomic E-state index is 0.0967. The van der Waals surface area contributed by atoms with Crippen LogP contribution < -0.4 is 5.32 Å². The van der Waals surface area contributed by atoms with E-state index in [1.165, 1.54) is 25.7 Å². The Morgan fingerprint density at radius 3 is 2.31 bits per heavy atom. The topological polar surface area (TPSA) is 52.7 Å². The van der Waals surface area contributed by atoms with Crippen LogP contribution in [0.5, 0.6) is 0 Å². The van der Waals surface area contributed by atoms with E-state index in [4.69, 9.17) is 0 Å². The van der Waals surface area contributed by atoms with Gasteiger partial charge in [-0.05, 0) is 56.1 Å².